The third-order valence-corrected chi connectivity index (χ3v) is 11.2. The van der Waals surface area contributed by atoms with E-state index < -0.39 is 29.6 Å². The highest BCUT2D eigenvalue weighted by atomic mass is 19.1. The summed E-state index contributed by atoms with van der Waals surface area (Å²) in [6.07, 6.45) is 10.9. The van der Waals surface area contributed by atoms with Crippen molar-refractivity contribution in [1.29, 1.82) is 0 Å². The van der Waals surface area contributed by atoms with Crippen LogP contribution in [0.4, 0.5) is 55.1 Å². The number of hydrogen-bond acceptors (Lipinski definition) is 20. The van der Waals surface area contributed by atoms with Crippen LogP contribution in [0.5, 0.6) is 0 Å². The normalized spacial score (nSPS) is 14.5. The fourth-order valence-electron chi connectivity index (χ4n) is 7.65. The van der Waals surface area contributed by atoms with Gasteiger partial charge in [-0.05, 0) is 60.2 Å². The highest BCUT2D eigenvalue weighted by Crippen LogP contribution is 2.30. The van der Waals surface area contributed by atoms with Gasteiger partial charge in [0.25, 0.3) is 11.8 Å². The lowest BCUT2D eigenvalue weighted by atomic mass is 10.1. The number of pyridine rings is 2. The maximum absolute atomic E-state index is 15.3. The molecule has 24 heteroatoms. The second-order valence-corrected chi connectivity index (χ2v) is 16.0. The molecule has 0 aliphatic carbocycles. The summed E-state index contributed by atoms with van der Waals surface area (Å²) in [5.41, 5.74) is 17.1. The predicted octanol–water partition coefficient (Wildman–Crippen LogP) is 5.66. The first-order chi connectivity index (χ1) is 35.3. The van der Waals surface area contributed by atoms with Crippen LogP contribution in [0.25, 0.3) is 22.4 Å². The zero-order chi connectivity index (χ0) is 49.2. The van der Waals surface area contributed by atoms with Crippen LogP contribution in [0, 0.1) is 11.6 Å². The SMILES string of the molecule is O=C(NNc1ncc(F)c(N2CCOCC2)n1)c1ccc(Nc2cccc(-c3cc(C4CN(c5nc(NNC(=O)c6ccc(Nc7cccc(-c8cncnc8)c7)cn6)ncc5F)CCO4)ncn3)c2)cn1. The number of ether oxygens (including phenoxy) is 2. The van der Waals surface area contributed by atoms with Crippen molar-refractivity contribution in [2.75, 3.05) is 77.3 Å². The molecule has 10 rings (SSSR count). The van der Waals surface area contributed by atoms with Crippen molar-refractivity contribution in [2.45, 2.75) is 6.10 Å². The average molecular weight is 973 g/mol. The number of hydrazine groups is 2. The zero-order valence-corrected chi connectivity index (χ0v) is 37.9. The van der Waals surface area contributed by atoms with Gasteiger partial charge in [-0.25, -0.2) is 48.7 Å². The lowest BCUT2D eigenvalue weighted by Crippen LogP contribution is -2.40. The quantitative estimate of drug-likeness (QED) is 0.0677. The van der Waals surface area contributed by atoms with Crippen molar-refractivity contribution in [3.8, 4) is 22.4 Å². The number of anilines is 8. The minimum Gasteiger partial charge on any atom is -0.378 e. The number of aromatic nitrogens is 10. The first kappa shape index (κ1) is 46.3. The summed E-state index contributed by atoms with van der Waals surface area (Å²) in [5.74, 6) is -2.24. The molecule has 8 heterocycles. The van der Waals surface area contributed by atoms with E-state index in [1.54, 1.807) is 46.5 Å². The number of nitrogens with zero attached hydrogens (tertiary/aromatic N) is 12. The Labute approximate surface area is 408 Å². The topological polar surface area (TPSA) is 260 Å². The minimum atomic E-state index is -0.659. The summed E-state index contributed by atoms with van der Waals surface area (Å²) in [6.45, 7) is 2.66. The molecule has 1 unspecified atom stereocenters. The van der Waals surface area contributed by atoms with Gasteiger partial charge in [-0.3, -0.25) is 31.3 Å². The number of amides is 2. The van der Waals surface area contributed by atoms with E-state index in [9.17, 15) is 14.0 Å². The molecule has 6 aromatic heterocycles. The fourth-order valence-corrected chi connectivity index (χ4v) is 7.65. The van der Waals surface area contributed by atoms with Crippen molar-refractivity contribution in [2.24, 2.45) is 0 Å². The zero-order valence-electron chi connectivity index (χ0n) is 37.9. The molecule has 2 aliphatic heterocycles. The van der Waals surface area contributed by atoms with Crippen LogP contribution in [-0.2, 0) is 9.47 Å². The lowest BCUT2D eigenvalue weighted by molar-refractivity contribution is 0.0364. The van der Waals surface area contributed by atoms with E-state index in [1.807, 2.05) is 54.6 Å². The third kappa shape index (κ3) is 11.2. The van der Waals surface area contributed by atoms with Gasteiger partial charge in [0.2, 0.25) is 11.9 Å². The van der Waals surface area contributed by atoms with Gasteiger partial charge in [-0.15, -0.1) is 0 Å². The van der Waals surface area contributed by atoms with E-state index in [-0.39, 0.29) is 48.1 Å². The Morgan fingerprint density at radius 3 is 1.75 bits per heavy atom. The molecule has 362 valence electrons. The van der Waals surface area contributed by atoms with Crippen LogP contribution in [0.15, 0.2) is 129 Å². The van der Waals surface area contributed by atoms with Crippen LogP contribution >= 0.6 is 0 Å². The highest BCUT2D eigenvalue weighted by Gasteiger charge is 2.27. The molecule has 72 heavy (non-hydrogen) atoms. The van der Waals surface area contributed by atoms with Crippen molar-refractivity contribution < 1.29 is 27.8 Å². The largest absolute Gasteiger partial charge is 0.378 e. The van der Waals surface area contributed by atoms with E-state index in [2.05, 4.69) is 82.2 Å². The summed E-state index contributed by atoms with van der Waals surface area (Å²) < 4.78 is 41.2. The molecule has 8 aromatic rings. The minimum absolute atomic E-state index is 0.0122. The van der Waals surface area contributed by atoms with Crippen LogP contribution in [-0.4, -0.2) is 108 Å². The van der Waals surface area contributed by atoms with Gasteiger partial charge in [0, 0.05) is 54.5 Å². The predicted molar refractivity (Wildman–Crippen MR) is 260 cm³/mol. The number of hydrogen-bond donors (Lipinski definition) is 6. The summed E-state index contributed by atoms with van der Waals surface area (Å²) in [5, 5.41) is 6.57. The van der Waals surface area contributed by atoms with Crippen molar-refractivity contribution in [3.05, 3.63) is 157 Å². The molecule has 2 amide bonds. The van der Waals surface area contributed by atoms with Crippen LogP contribution < -0.4 is 42.1 Å². The number of benzene rings is 2. The van der Waals surface area contributed by atoms with E-state index in [0.717, 1.165) is 40.5 Å². The molecule has 0 saturated carbocycles. The maximum Gasteiger partial charge on any atom is 0.288 e. The average Bonchev–Trinajstić information content (AvgIpc) is 3.43. The molecule has 6 N–H and O–H groups in total. The summed E-state index contributed by atoms with van der Waals surface area (Å²) in [4.78, 5) is 71.6. The smallest absolute Gasteiger partial charge is 0.288 e. The first-order valence-corrected chi connectivity index (χ1v) is 22.4. The van der Waals surface area contributed by atoms with Gasteiger partial charge >= 0.3 is 0 Å². The number of nitrogens with one attached hydrogen (secondary N) is 6. The molecule has 22 nitrogen and oxygen atoms in total. The number of carbonyl (C=O) groups excluding carboxylic acids is 2. The second kappa shape index (κ2) is 21.5. The molecule has 2 fully saturated rings. The Morgan fingerprint density at radius 1 is 0.556 bits per heavy atom. The van der Waals surface area contributed by atoms with Crippen molar-refractivity contribution in [3.63, 3.8) is 0 Å². The van der Waals surface area contributed by atoms with Gasteiger partial charge in [0.05, 0.1) is 73.9 Å². The highest BCUT2D eigenvalue weighted by molar-refractivity contribution is 5.93. The van der Waals surface area contributed by atoms with E-state index >= 15 is 4.39 Å². The second-order valence-electron chi connectivity index (χ2n) is 16.0. The van der Waals surface area contributed by atoms with Gasteiger partial charge in [0.1, 0.15) is 30.1 Å². The Kier molecular flexibility index (Phi) is 13.8. The van der Waals surface area contributed by atoms with Crippen molar-refractivity contribution >= 4 is 58.1 Å². The summed E-state index contributed by atoms with van der Waals surface area (Å²) >= 11 is 0. The van der Waals surface area contributed by atoms with E-state index in [0.29, 0.717) is 55.6 Å². The maximum atomic E-state index is 15.3. The Morgan fingerprint density at radius 2 is 1.14 bits per heavy atom. The Bertz CT molecular complexity index is 3190. The van der Waals surface area contributed by atoms with Gasteiger partial charge in [0.15, 0.2) is 23.3 Å². The molecule has 2 aromatic carbocycles. The molecule has 0 radical (unpaired) electrons. The van der Waals surface area contributed by atoms with Gasteiger partial charge in [-0.1, -0.05) is 24.3 Å². The van der Waals surface area contributed by atoms with Gasteiger partial charge < -0.3 is 29.9 Å². The molecule has 0 bridgehead atoms. The number of carbonyl (C=O) groups is 2. The molecular weight excluding hydrogens is 931 g/mol. The van der Waals surface area contributed by atoms with Crippen LogP contribution in [0.2, 0.25) is 0 Å². The summed E-state index contributed by atoms with van der Waals surface area (Å²) in [6, 6.07) is 23.6. The molecular formula is C48H42F2N18O4. The lowest BCUT2D eigenvalue weighted by Gasteiger charge is -2.33. The monoisotopic (exact) mass is 972 g/mol. The fraction of sp³-hybridized carbons (Fsp3) is 0.167. The molecule has 1 atom stereocenters. The molecule has 2 aliphatic rings. The molecule has 2 saturated heterocycles. The molecule has 0 spiro atoms. The number of rotatable bonds is 15. The van der Waals surface area contributed by atoms with Crippen LogP contribution in [0.1, 0.15) is 32.8 Å². The number of halogens is 2. The van der Waals surface area contributed by atoms with E-state index in [1.165, 1.54) is 25.0 Å². The van der Waals surface area contributed by atoms with E-state index in [4.69, 9.17) is 9.47 Å². The summed E-state index contributed by atoms with van der Waals surface area (Å²) in [7, 11) is 0. The van der Waals surface area contributed by atoms with Crippen LogP contribution in [0.3, 0.4) is 0 Å². The Hall–Kier alpha value is -9.42. The third-order valence-electron chi connectivity index (χ3n) is 11.2. The first-order valence-electron chi connectivity index (χ1n) is 22.4. The standard InChI is InChI=1S/C48H42F2N18O4/c49-36-24-55-47(61-43(36)67-11-14-71-15-12-67)65-63-45(69)39-10-8-35(23-54-39)60-33-6-2-4-30(18-33)40-19-41(58-28-57-40)42-26-68(13-16-72-42)44-37(50)25-56-48(62-44)66-64-46(70)38-9-7-34(22-53-38)59-32-5-1-3-29(17-32)31-20-51-27-52-21-31/h1-10,17-25,27-28,42,59-60H,11-16,26H2,(H,63,69)(H,64,70)(H,55,61,65)(H,56,62,66). The van der Waals surface area contributed by atoms with Crippen molar-refractivity contribution in [1.82, 2.24) is 60.7 Å². The van der Waals surface area contributed by atoms with Gasteiger partial charge in [-0.2, -0.15) is 9.97 Å². The Balaban J connectivity index is 0.726. The number of morpholine rings is 2.